The van der Waals surface area contributed by atoms with Crippen molar-refractivity contribution in [3.63, 3.8) is 0 Å². The summed E-state index contributed by atoms with van der Waals surface area (Å²) in [5.74, 6) is 0.172. The molecule has 132 valence electrons. The van der Waals surface area contributed by atoms with E-state index in [0.29, 0.717) is 0 Å². The average Bonchev–Trinajstić information content (AvgIpc) is 2.65. The number of benzene rings is 2. The smallest absolute Gasteiger partial charge is 0.244 e. The van der Waals surface area contributed by atoms with Crippen LogP contribution in [0, 0.1) is 13.8 Å². The van der Waals surface area contributed by atoms with E-state index in [-0.39, 0.29) is 11.9 Å². The summed E-state index contributed by atoms with van der Waals surface area (Å²) < 4.78 is 0. The van der Waals surface area contributed by atoms with Crippen LogP contribution in [-0.2, 0) is 4.79 Å². The van der Waals surface area contributed by atoms with Crippen LogP contribution in [0.2, 0.25) is 0 Å². The van der Waals surface area contributed by atoms with E-state index in [1.807, 2.05) is 24.0 Å². The first-order valence-corrected chi connectivity index (χ1v) is 8.97. The van der Waals surface area contributed by atoms with Gasteiger partial charge < -0.3 is 15.1 Å². The van der Waals surface area contributed by atoms with Crippen LogP contribution >= 0.6 is 0 Å². The monoisotopic (exact) mass is 337 g/mol. The number of carbonyl (C=O) groups excluding carboxylic acids is 1. The molecule has 0 unspecified atom stereocenters. The van der Waals surface area contributed by atoms with Gasteiger partial charge in [-0.1, -0.05) is 24.3 Å². The number of para-hydroxylation sites is 1. The third-order valence-electron chi connectivity index (χ3n) is 4.97. The van der Waals surface area contributed by atoms with Crippen molar-refractivity contribution in [3.05, 3.63) is 59.7 Å². The minimum absolute atomic E-state index is 0.172. The van der Waals surface area contributed by atoms with Crippen LogP contribution in [-0.4, -0.2) is 43.0 Å². The molecule has 1 saturated heterocycles. The molecule has 4 heteroatoms. The lowest BCUT2D eigenvalue weighted by Gasteiger charge is -2.37. The first kappa shape index (κ1) is 17.3. The lowest BCUT2D eigenvalue weighted by molar-refractivity contribution is -0.131. The van der Waals surface area contributed by atoms with E-state index in [0.717, 1.165) is 31.9 Å². The largest absolute Gasteiger partial charge is 0.374 e. The van der Waals surface area contributed by atoms with E-state index in [4.69, 9.17) is 0 Å². The van der Waals surface area contributed by atoms with Crippen molar-refractivity contribution in [1.29, 1.82) is 0 Å². The van der Waals surface area contributed by atoms with Crippen LogP contribution in [0.25, 0.3) is 0 Å². The van der Waals surface area contributed by atoms with Crippen LogP contribution in [0.1, 0.15) is 18.1 Å². The Morgan fingerprint density at radius 3 is 2.28 bits per heavy atom. The van der Waals surface area contributed by atoms with Crippen molar-refractivity contribution in [3.8, 4) is 0 Å². The highest BCUT2D eigenvalue weighted by atomic mass is 16.2. The summed E-state index contributed by atoms with van der Waals surface area (Å²) in [4.78, 5) is 17.1. The van der Waals surface area contributed by atoms with Crippen molar-refractivity contribution in [1.82, 2.24) is 4.90 Å². The maximum atomic E-state index is 12.7. The molecule has 0 bridgehead atoms. The molecule has 2 aromatic rings. The fourth-order valence-corrected chi connectivity index (χ4v) is 3.24. The quantitative estimate of drug-likeness (QED) is 0.928. The molecule has 1 N–H and O–H groups in total. The van der Waals surface area contributed by atoms with Gasteiger partial charge in [-0.25, -0.2) is 0 Å². The topological polar surface area (TPSA) is 35.6 Å². The van der Waals surface area contributed by atoms with Crippen LogP contribution in [0.3, 0.4) is 0 Å². The van der Waals surface area contributed by atoms with E-state index in [9.17, 15) is 4.79 Å². The molecule has 25 heavy (non-hydrogen) atoms. The van der Waals surface area contributed by atoms with Crippen LogP contribution in [0.15, 0.2) is 48.5 Å². The highest BCUT2D eigenvalue weighted by Gasteiger charge is 2.25. The van der Waals surface area contributed by atoms with Gasteiger partial charge in [-0.05, 0) is 56.2 Å². The number of piperazine rings is 1. The molecule has 1 fully saturated rings. The van der Waals surface area contributed by atoms with Crippen molar-refractivity contribution in [2.24, 2.45) is 0 Å². The molecule has 3 rings (SSSR count). The third-order valence-corrected chi connectivity index (χ3v) is 4.97. The number of amides is 1. The van der Waals surface area contributed by atoms with Crippen molar-refractivity contribution < 1.29 is 4.79 Å². The number of aryl methyl sites for hydroxylation is 2. The van der Waals surface area contributed by atoms with Crippen LogP contribution in [0.4, 0.5) is 11.4 Å². The summed E-state index contributed by atoms with van der Waals surface area (Å²) in [7, 11) is 0. The molecule has 0 spiro atoms. The Labute approximate surface area is 150 Å². The highest BCUT2D eigenvalue weighted by Crippen LogP contribution is 2.18. The summed E-state index contributed by atoms with van der Waals surface area (Å²) >= 11 is 0. The number of hydrogen-bond acceptors (Lipinski definition) is 3. The molecule has 0 radical (unpaired) electrons. The molecule has 1 aliphatic rings. The van der Waals surface area contributed by atoms with E-state index in [1.165, 1.54) is 16.8 Å². The van der Waals surface area contributed by atoms with Gasteiger partial charge in [0.15, 0.2) is 0 Å². The molecule has 1 heterocycles. The molecule has 1 aliphatic heterocycles. The lowest BCUT2D eigenvalue weighted by Crippen LogP contribution is -2.52. The van der Waals surface area contributed by atoms with Gasteiger partial charge in [-0.15, -0.1) is 0 Å². The summed E-state index contributed by atoms with van der Waals surface area (Å²) in [5.41, 5.74) is 4.74. The van der Waals surface area contributed by atoms with Gasteiger partial charge in [0, 0.05) is 37.6 Å². The molecule has 0 aromatic heterocycles. The second-order valence-electron chi connectivity index (χ2n) is 6.81. The minimum Gasteiger partial charge on any atom is -0.374 e. The van der Waals surface area contributed by atoms with Gasteiger partial charge in [-0.3, -0.25) is 4.79 Å². The Morgan fingerprint density at radius 1 is 0.960 bits per heavy atom. The number of hydrogen-bond donors (Lipinski definition) is 1. The second kappa shape index (κ2) is 7.60. The van der Waals surface area contributed by atoms with E-state index >= 15 is 0 Å². The zero-order valence-corrected chi connectivity index (χ0v) is 15.3. The first-order valence-electron chi connectivity index (χ1n) is 8.97. The van der Waals surface area contributed by atoms with Crippen molar-refractivity contribution >= 4 is 17.3 Å². The lowest BCUT2D eigenvalue weighted by atomic mass is 10.1. The van der Waals surface area contributed by atoms with Crippen molar-refractivity contribution in [2.45, 2.75) is 26.8 Å². The van der Waals surface area contributed by atoms with Gasteiger partial charge >= 0.3 is 0 Å². The predicted octanol–water partition coefficient (Wildman–Crippen LogP) is 3.45. The number of nitrogens with one attached hydrogen (secondary N) is 1. The maximum absolute atomic E-state index is 12.7. The molecule has 1 atom stereocenters. The van der Waals surface area contributed by atoms with Crippen molar-refractivity contribution in [2.75, 3.05) is 36.4 Å². The van der Waals surface area contributed by atoms with Gasteiger partial charge in [0.05, 0.1) is 0 Å². The number of carbonyl (C=O) groups is 1. The zero-order valence-electron chi connectivity index (χ0n) is 15.3. The Morgan fingerprint density at radius 2 is 1.64 bits per heavy atom. The van der Waals surface area contributed by atoms with Gasteiger partial charge in [-0.2, -0.15) is 0 Å². The highest BCUT2D eigenvalue weighted by molar-refractivity contribution is 5.84. The van der Waals surface area contributed by atoms with Crippen LogP contribution in [0.5, 0.6) is 0 Å². The predicted molar refractivity (Wildman–Crippen MR) is 104 cm³/mol. The maximum Gasteiger partial charge on any atom is 0.244 e. The summed E-state index contributed by atoms with van der Waals surface area (Å²) in [6, 6.07) is 16.4. The molecule has 4 nitrogen and oxygen atoms in total. The van der Waals surface area contributed by atoms with Gasteiger partial charge in [0.2, 0.25) is 5.91 Å². The molecule has 2 aromatic carbocycles. The number of rotatable bonds is 4. The molecule has 0 saturated carbocycles. The molecule has 1 amide bonds. The fourth-order valence-electron chi connectivity index (χ4n) is 3.24. The second-order valence-corrected chi connectivity index (χ2v) is 6.81. The summed E-state index contributed by atoms with van der Waals surface area (Å²) in [6.45, 7) is 9.44. The average molecular weight is 337 g/mol. The first-order chi connectivity index (χ1) is 12.0. The van der Waals surface area contributed by atoms with E-state index < -0.39 is 0 Å². The Bertz CT molecular complexity index is 721. The summed E-state index contributed by atoms with van der Waals surface area (Å²) in [5, 5.41) is 3.35. The van der Waals surface area contributed by atoms with Gasteiger partial charge in [0.1, 0.15) is 6.04 Å². The molecular weight excluding hydrogens is 310 g/mol. The standard InChI is InChI=1S/C21H27N3O/c1-16-9-10-19(15-17(16)2)22-18(3)21(25)24-13-11-23(12-14-24)20-7-5-4-6-8-20/h4-10,15,18,22H,11-14H2,1-3H3/t18-/m0/s1. The molecular formula is C21H27N3O. The van der Waals surface area contributed by atoms with E-state index in [1.54, 1.807) is 0 Å². The minimum atomic E-state index is -0.217. The number of nitrogens with zero attached hydrogens (tertiary/aromatic N) is 2. The van der Waals surface area contributed by atoms with Gasteiger partial charge in [0.25, 0.3) is 0 Å². The Kier molecular flexibility index (Phi) is 5.27. The van der Waals surface area contributed by atoms with E-state index in [2.05, 4.69) is 60.5 Å². The normalized spacial score (nSPS) is 15.8. The SMILES string of the molecule is Cc1ccc(N[C@@H](C)C(=O)N2CCN(c3ccccc3)CC2)cc1C. The Balaban J connectivity index is 1.55. The molecule has 0 aliphatic carbocycles. The third kappa shape index (κ3) is 4.13. The summed E-state index contributed by atoms with van der Waals surface area (Å²) in [6.07, 6.45) is 0. The fraction of sp³-hybridized carbons (Fsp3) is 0.381. The number of anilines is 2. The zero-order chi connectivity index (χ0) is 17.8. The Hall–Kier alpha value is -2.49. The van der Waals surface area contributed by atoms with Crippen LogP contribution < -0.4 is 10.2 Å².